The van der Waals surface area contributed by atoms with Crippen molar-refractivity contribution in [3.05, 3.63) is 34.5 Å². The zero-order chi connectivity index (χ0) is 18.1. The molecular formula is C18H26N4O3. The normalized spacial score (nSPS) is 17.3. The number of fused-ring (bicyclic) bond motifs is 1. The summed E-state index contributed by atoms with van der Waals surface area (Å²) in [4.78, 5) is 13.8. The van der Waals surface area contributed by atoms with Crippen molar-refractivity contribution in [2.75, 3.05) is 7.05 Å². The Labute approximate surface area is 147 Å². The van der Waals surface area contributed by atoms with Crippen LogP contribution >= 0.6 is 0 Å². The van der Waals surface area contributed by atoms with Crippen LogP contribution in [0.2, 0.25) is 0 Å². The van der Waals surface area contributed by atoms with E-state index in [1.165, 1.54) is 0 Å². The summed E-state index contributed by atoms with van der Waals surface area (Å²) in [5.41, 5.74) is 3.09. The van der Waals surface area contributed by atoms with Gasteiger partial charge in [-0.3, -0.25) is 9.58 Å². The number of carboxylic acids is 1. The van der Waals surface area contributed by atoms with Gasteiger partial charge in [0.15, 0.2) is 5.69 Å². The van der Waals surface area contributed by atoms with E-state index in [2.05, 4.69) is 36.1 Å². The summed E-state index contributed by atoms with van der Waals surface area (Å²) in [6.45, 7) is 7.55. The summed E-state index contributed by atoms with van der Waals surface area (Å²) in [5, 5.41) is 17.9. The molecule has 0 bridgehead atoms. The summed E-state index contributed by atoms with van der Waals surface area (Å²) >= 11 is 0. The molecule has 25 heavy (non-hydrogen) atoms. The molecule has 1 N–H and O–H groups in total. The highest BCUT2D eigenvalue weighted by Gasteiger charge is 2.30. The smallest absolute Gasteiger partial charge is 0.356 e. The summed E-state index contributed by atoms with van der Waals surface area (Å²) in [6.07, 6.45) is 2.56. The minimum absolute atomic E-state index is 0.207. The van der Waals surface area contributed by atoms with Gasteiger partial charge in [-0.05, 0) is 33.2 Å². The SMILES string of the molecule is CCn1nc(C(=O)O)c2c1CC[C@@H](N(C)Cc1cc(C(C)C)on1)C2. The molecule has 2 heterocycles. The van der Waals surface area contributed by atoms with E-state index in [0.29, 0.717) is 25.4 Å². The number of hydrogen-bond donors (Lipinski definition) is 1. The average molecular weight is 346 g/mol. The van der Waals surface area contributed by atoms with Crippen molar-refractivity contribution in [2.24, 2.45) is 0 Å². The molecule has 7 heteroatoms. The fourth-order valence-electron chi connectivity index (χ4n) is 3.54. The fourth-order valence-corrected chi connectivity index (χ4v) is 3.54. The first kappa shape index (κ1) is 17.7. The van der Waals surface area contributed by atoms with Gasteiger partial charge in [0.2, 0.25) is 0 Å². The molecule has 3 rings (SSSR count). The molecule has 0 fully saturated rings. The minimum atomic E-state index is -0.940. The van der Waals surface area contributed by atoms with Crippen LogP contribution in [0.4, 0.5) is 0 Å². The lowest BCUT2D eigenvalue weighted by Gasteiger charge is -2.31. The van der Waals surface area contributed by atoms with Gasteiger partial charge in [-0.1, -0.05) is 19.0 Å². The first-order chi connectivity index (χ1) is 11.9. The third kappa shape index (κ3) is 3.46. The van der Waals surface area contributed by atoms with Gasteiger partial charge in [0, 0.05) is 42.4 Å². The molecule has 7 nitrogen and oxygen atoms in total. The van der Waals surface area contributed by atoms with Gasteiger partial charge in [-0.15, -0.1) is 0 Å². The van der Waals surface area contributed by atoms with Crippen LogP contribution in [0.5, 0.6) is 0 Å². The standard InChI is InChI=1S/C18H26N4O3/c1-5-22-15-7-6-13(9-14(15)17(19-22)18(23)24)21(4)10-12-8-16(11(2)3)25-20-12/h8,11,13H,5-7,9-10H2,1-4H3,(H,23,24)/t13-/m1/s1. The summed E-state index contributed by atoms with van der Waals surface area (Å²) in [7, 11) is 2.06. The Morgan fingerprint density at radius 2 is 2.28 bits per heavy atom. The van der Waals surface area contributed by atoms with Gasteiger partial charge in [0.25, 0.3) is 0 Å². The van der Waals surface area contributed by atoms with E-state index in [1.54, 1.807) is 0 Å². The molecule has 2 aromatic rings. The lowest BCUT2D eigenvalue weighted by atomic mass is 9.90. The van der Waals surface area contributed by atoms with Crippen molar-refractivity contribution in [3.63, 3.8) is 0 Å². The van der Waals surface area contributed by atoms with Crippen molar-refractivity contribution in [1.29, 1.82) is 0 Å². The molecule has 0 unspecified atom stereocenters. The summed E-state index contributed by atoms with van der Waals surface area (Å²) in [6, 6.07) is 2.28. The van der Waals surface area contributed by atoms with E-state index < -0.39 is 5.97 Å². The molecular weight excluding hydrogens is 320 g/mol. The molecule has 0 saturated carbocycles. The quantitative estimate of drug-likeness (QED) is 0.866. The third-order valence-corrected chi connectivity index (χ3v) is 5.00. The zero-order valence-corrected chi connectivity index (χ0v) is 15.3. The van der Waals surface area contributed by atoms with Gasteiger partial charge in [-0.2, -0.15) is 5.10 Å². The second-order valence-electron chi connectivity index (χ2n) is 7.08. The number of aromatic nitrogens is 3. The molecule has 0 radical (unpaired) electrons. The average Bonchev–Trinajstić information content (AvgIpc) is 3.18. The largest absolute Gasteiger partial charge is 0.476 e. The Balaban J connectivity index is 1.75. The van der Waals surface area contributed by atoms with Gasteiger partial charge in [-0.25, -0.2) is 4.79 Å². The number of aryl methyl sites for hydroxylation is 1. The monoisotopic (exact) mass is 346 g/mol. The molecule has 2 aromatic heterocycles. The number of hydrogen-bond acceptors (Lipinski definition) is 5. The maximum atomic E-state index is 11.5. The molecule has 0 spiro atoms. The van der Waals surface area contributed by atoms with Crippen LogP contribution in [-0.4, -0.2) is 44.0 Å². The van der Waals surface area contributed by atoms with E-state index in [0.717, 1.165) is 35.6 Å². The number of rotatable bonds is 6. The predicted molar refractivity (Wildman–Crippen MR) is 92.7 cm³/mol. The highest BCUT2D eigenvalue weighted by atomic mass is 16.5. The molecule has 0 amide bonds. The summed E-state index contributed by atoms with van der Waals surface area (Å²) < 4.78 is 7.21. The number of likely N-dealkylation sites (N-methyl/N-ethyl adjacent to an activating group) is 1. The van der Waals surface area contributed by atoms with Crippen molar-refractivity contribution in [2.45, 2.75) is 65.1 Å². The van der Waals surface area contributed by atoms with Gasteiger partial charge in [0.1, 0.15) is 5.76 Å². The van der Waals surface area contributed by atoms with E-state index in [-0.39, 0.29) is 11.7 Å². The van der Waals surface area contributed by atoms with Crippen LogP contribution in [-0.2, 0) is 25.9 Å². The Bertz CT molecular complexity index is 762. The third-order valence-electron chi connectivity index (χ3n) is 5.00. The zero-order valence-electron chi connectivity index (χ0n) is 15.3. The Morgan fingerprint density at radius 1 is 1.52 bits per heavy atom. The first-order valence-electron chi connectivity index (χ1n) is 8.88. The van der Waals surface area contributed by atoms with Crippen LogP contribution in [0.25, 0.3) is 0 Å². The van der Waals surface area contributed by atoms with Crippen LogP contribution < -0.4 is 0 Å². The molecule has 0 aromatic carbocycles. The number of carboxylic acid groups (broad SMARTS) is 1. The Morgan fingerprint density at radius 3 is 2.88 bits per heavy atom. The van der Waals surface area contributed by atoms with E-state index in [4.69, 9.17) is 4.52 Å². The van der Waals surface area contributed by atoms with Crippen LogP contribution in [0.3, 0.4) is 0 Å². The van der Waals surface area contributed by atoms with Crippen molar-refractivity contribution >= 4 is 5.97 Å². The minimum Gasteiger partial charge on any atom is -0.476 e. The highest BCUT2D eigenvalue weighted by Crippen LogP contribution is 2.28. The molecule has 1 aliphatic carbocycles. The predicted octanol–water partition coefficient (Wildman–Crippen LogP) is 2.70. The second-order valence-corrected chi connectivity index (χ2v) is 7.08. The molecule has 1 atom stereocenters. The number of aromatic carboxylic acids is 1. The van der Waals surface area contributed by atoms with Gasteiger partial charge in [0.05, 0.1) is 5.69 Å². The number of nitrogens with zero attached hydrogens (tertiary/aromatic N) is 4. The molecule has 0 saturated heterocycles. The number of carbonyl (C=O) groups is 1. The van der Waals surface area contributed by atoms with Crippen LogP contribution in [0, 0.1) is 0 Å². The molecule has 136 valence electrons. The van der Waals surface area contributed by atoms with Crippen molar-refractivity contribution < 1.29 is 14.4 Å². The van der Waals surface area contributed by atoms with Gasteiger partial charge < -0.3 is 9.63 Å². The van der Waals surface area contributed by atoms with Crippen LogP contribution in [0.15, 0.2) is 10.6 Å². The first-order valence-corrected chi connectivity index (χ1v) is 8.88. The lowest BCUT2D eigenvalue weighted by Crippen LogP contribution is -2.36. The maximum absolute atomic E-state index is 11.5. The van der Waals surface area contributed by atoms with Crippen molar-refractivity contribution in [1.82, 2.24) is 19.8 Å². The van der Waals surface area contributed by atoms with Gasteiger partial charge >= 0.3 is 5.97 Å². The molecule has 1 aliphatic rings. The van der Waals surface area contributed by atoms with Crippen LogP contribution in [0.1, 0.15) is 66.3 Å². The maximum Gasteiger partial charge on any atom is 0.356 e. The lowest BCUT2D eigenvalue weighted by molar-refractivity contribution is 0.0687. The van der Waals surface area contributed by atoms with Crippen molar-refractivity contribution in [3.8, 4) is 0 Å². The highest BCUT2D eigenvalue weighted by molar-refractivity contribution is 5.87. The Kier molecular flexibility index (Phi) is 4.94. The fraction of sp³-hybridized carbons (Fsp3) is 0.611. The van der Waals surface area contributed by atoms with E-state index >= 15 is 0 Å². The Hall–Kier alpha value is -2.15. The molecule has 0 aliphatic heterocycles. The van der Waals surface area contributed by atoms with E-state index in [9.17, 15) is 9.90 Å². The topological polar surface area (TPSA) is 84.4 Å². The van der Waals surface area contributed by atoms with E-state index in [1.807, 2.05) is 17.7 Å². The summed E-state index contributed by atoms with van der Waals surface area (Å²) in [5.74, 6) is 0.276. The second kappa shape index (κ2) is 7.00.